The summed E-state index contributed by atoms with van der Waals surface area (Å²) < 4.78 is 7.04. The molecule has 10 heteroatoms. The Hall–Kier alpha value is -3.08. The molecule has 4 aromatic rings. The van der Waals surface area contributed by atoms with Crippen molar-refractivity contribution in [1.82, 2.24) is 10.3 Å². The van der Waals surface area contributed by atoms with Crippen molar-refractivity contribution in [3.05, 3.63) is 58.6 Å². The monoisotopic (exact) mass is 528 g/mol. The van der Waals surface area contributed by atoms with Gasteiger partial charge in [-0.15, -0.1) is 0 Å². The fourth-order valence-corrected chi connectivity index (χ4v) is 5.11. The molecule has 1 heterocycles. The van der Waals surface area contributed by atoms with Gasteiger partial charge < -0.3 is 15.4 Å². The maximum Gasteiger partial charge on any atom is 0.261 e. The number of hydrogen-bond donors (Lipinski definition) is 3. The minimum absolute atomic E-state index is 0.113. The SMILES string of the molecule is COc1c(C(=O)NC(=S)Nc2nc3ccc(NC(C)=O)cc3s2)cc2ccccc2c1Br. The first-order chi connectivity index (χ1) is 15.4. The number of hydrogen-bond acceptors (Lipinski definition) is 6. The first-order valence-corrected chi connectivity index (χ1v) is 11.4. The van der Waals surface area contributed by atoms with Crippen LogP contribution in [0.4, 0.5) is 10.8 Å². The molecule has 0 aliphatic rings. The molecule has 0 spiro atoms. The Morgan fingerprint density at radius 2 is 1.91 bits per heavy atom. The van der Waals surface area contributed by atoms with Crippen LogP contribution in [0, 0.1) is 0 Å². The number of ether oxygens (including phenoxy) is 1. The topological polar surface area (TPSA) is 92.3 Å². The Morgan fingerprint density at radius 3 is 2.66 bits per heavy atom. The Labute approximate surface area is 201 Å². The molecule has 32 heavy (non-hydrogen) atoms. The molecule has 0 aliphatic carbocycles. The molecule has 0 atom stereocenters. The van der Waals surface area contributed by atoms with Crippen molar-refractivity contribution in [2.24, 2.45) is 0 Å². The predicted molar refractivity (Wildman–Crippen MR) is 136 cm³/mol. The van der Waals surface area contributed by atoms with Crippen LogP contribution in [0.2, 0.25) is 0 Å². The number of amides is 2. The summed E-state index contributed by atoms with van der Waals surface area (Å²) in [6.45, 7) is 1.45. The van der Waals surface area contributed by atoms with Crippen LogP contribution in [0.1, 0.15) is 17.3 Å². The Bertz CT molecular complexity index is 1390. The Kier molecular flexibility index (Phi) is 6.35. The Balaban J connectivity index is 1.53. The Morgan fingerprint density at radius 1 is 1.12 bits per heavy atom. The van der Waals surface area contributed by atoms with Crippen molar-refractivity contribution in [3.63, 3.8) is 0 Å². The highest BCUT2D eigenvalue weighted by Crippen LogP contribution is 2.36. The van der Waals surface area contributed by atoms with Gasteiger partial charge in [-0.3, -0.25) is 14.9 Å². The molecular weight excluding hydrogens is 512 g/mol. The van der Waals surface area contributed by atoms with Crippen LogP contribution in [-0.2, 0) is 4.79 Å². The van der Waals surface area contributed by atoms with Crippen LogP contribution >= 0.6 is 39.5 Å². The van der Waals surface area contributed by atoms with Crippen molar-refractivity contribution >= 4 is 88.2 Å². The second-order valence-electron chi connectivity index (χ2n) is 6.78. The average Bonchev–Trinajstić information content (AvgIpc) is 3.14. The van der Waals surface area contributed by atoms with Gasteiger partial charge in [0.1, 0.15) is 5.75 Å². The van der Waals surface area contributed by atoms with Gasteiger partial charge in [0, 0.05) is 12.6 Å². The van der Waals surface area contributed by atoms with E-state index in [1.54, 1.807) is 18.2 Å². The summed E-state index contributed by atoms with van der Waals surface area (Å²) in [4.78, 5) is 28.7. The molecule has 2 amide bonds. The van der Waals surface area contributed by atoms with E-state index in [0.717, 1.165) is 21.0 Å². The second kappa shape index (κ2) is 9.19. The molecule has 0 aliphatic heterocycles. The molecule has 0 bridgehead atoms. The molecular formula is C22H17BrN4O3S2. The number of fused-ring (bicyclic) bond motifs is 2. The minimum atomic E-state index is -0.403. The van der Waals surface area contributed by atoms with Gasteiger partial charge in [-0.1, -0.05) is 35.6 Å². The summed E-state index contributed by atoms with van der Waals surface area (Å²) >= 11 is 10.2. The van der Waals surface area contributed by atoms with E-state index in [2.05, 4.69) is 36.9 Å². The fraction of sp³-hybridized carbons (Fsp3) is 0.0909. The molecule has 0 saturated carbocycles. The van der Waals surface area contributed by atoms with Crippen LogP contribution in [0.3, 0.4) is 0 Å². The number of aromatic nitrogens is 1. The minimum Gasteiger partial charge on any atom is -0.495 e. The number of benzene rings is 3. The molecule has 0 radical (unpaired) electrons. The molecule has 162 valence electrons. The highest BCUT2D eigenvalue weighted by Gasteiger charge is 2.19. The van der Waals surface area contributed by atoms with Crippen molar-refractivity contribution in [3.8, 4) is 5.75 Å². The second-order valence-corrected chi connectivity index (χ2v) is 9.02. The lowest BCUT2D eigenvalue weighted by Crippen LogP contribution is -2.34. The number of rotatable bonds is 4. The number of halogens is 1. The maximum absolute atomic E-state index is 12.9. The zero-order valence-electron chi connectivity index (χ0n) is 17.0. The summed E-state index contributed by atoms with van der Waals surface area (Å²) in [5.41, 5.74) is 1.79. The van der Waals surface area contributed by atoms with E-state index >= 15 is 0 Å². The van der Waals surface area contributed by atoms with E-state index in [1.165, 1.54) is 25.4 Å². The predicted octanol–water partition coefficient (Wildman–Crippen LogP) is 5.31. The van der Waals surface area contributed by atoms with Crippen LogP contribution in [0.25, 0.3) is 21.0 Å². The first-order valence-electron chi connectivity index (χ1n) is 9.41. The number of thiocarbonyl (C=S) groups is 1. The zero-order chi connectivity index (χ0) is 22.8. The van der Waals surface area contributed by atoms with E-state index < -0.39 is 5.91 Å². The van der Waals surface area contributed by atoms with E-state index in [4.69, 9.17) is 17.0 Å². The van der Waals surface area contributed by atoms with E-state index in [9.17, 15) is 9.59 Å². The van der Waals surface area contributed by atoms with E-state index in [-0.39, 0.29) is 11.0 Å². The van der Waals surface area contributed by atoms with Gasteiger partial charge in [0.2, 0.25) is 5.91 Å². The van der Waals surface area contributed by atoms with Gasteiger partial charge in [-0.2, -0.15) is 0 Å². The van der Waals surface area contributed by atoms with Gasteiger partial charge in [0.05, 0.1) is 27.4 Å². The number of nitrogens with zero attached hydrogens (tertiary/aromatic N) is 1. The highest BCUT2D eigenvalue weighted by molar-refractivity contribution is 9.10. The lowest BCUT2D eigenvalue weighted by atomic mass is 10.1. The highest BCUT2D eigenvalue weighted by atomic mass is 79.9. The average molecular weight is 529 g/mol. The maximum atomic E-state index is 12.9. The summed E-state index contributed by atoms with van der Waals surface area (Å²) in [6, 6.07) is 14.9. The van der Waals surface area contributed by atoms with Gasteiger partial charge in [-0.05, 0) is 63.2 Å². The molecule has 0 fully saturated rings. The molecule has 3 aromatic carbocycles. The normalized spacial score (nSPS) is 10.7. The third-order valence-corrected chi connectivity index (χ3v) is 6.47. The molecule has 1 aromatic heterocycles. The lowest BCUT2D eigenvalue weighted by Gasteiger charge is -2.14. The van der Waals surface area contributed by atoms with Gasteiger partial charge >= 0.3 is 0 Å². The lowest BCUT2D eigenvalue weighted by molar-refractivity contribution is -0.114. The molecule has 3 N–H and O–H groups in total. The van der Waals surface area contributed by atoms with Crippen LogP contribution < -0.4 is 20.7 Å². The quantitative estimate of drug-likeness (QED) is 0.311. The van der Waals surface area contributed by atoms with Crippen molar-refractivity contribution < 1.29 is 14.3 Å². The number of methoxy groups -OCH3 is 1. The van der Waals surface area contributed by atoms with Gasteiger partial charge in [0.25, 0.3) is 5.91 Å². The standard InChI is InChI=1S/C22H17BrN4O3S2/c1-11(28)24-13-7-8-16-17(10-13)32-22(25-16)27-21(31)26-20(29)15-9-12-5-3-4-6-14(12)18(23)19(15)30-2/h3-10H,1-2H3,(H,24,28)(H2,25,26,27,29,31). The summed E-state index contributed by atoms with van der Waals surface area (Å²) in [5.74, 6) is -0.124. The van der Waals surface area contributed by atoms with Crippen molar-refractivity contribution in [1.29, 1.82) is 0 Å². The van der Waals surface area contributed by atoms with Gasteiger partial charge in [-0.25, -0.2) is 4.98 Å². The number of anilines is 2. The largest absolute Gasteiger partial charge is 0.495 e. The number of thiazole rings is 1. The third kappa shape index (κ3) is 4.57. The molecule has 0 unspecified atom stereocenters. The van der Waals surface area contributed by atoms with Crippen LogP contribution in [0.15, 0.2) is 53.0 Å². The fourth-order valence-electron chi connectivity index (χ4n) is 3.21. The molecule has 7 nitrogen and oxygen atoms in total. The van der Waals surface area contributed by atoms with E-state index in [1.807, 2.05) is 30.3 Å². The summed E-state index contributed by atoms with van der Waals surface area (Å²) in [7, 11) is 1.51. The molecule has 4 rings (SSSR count). The van der Waals surface area contributed by atoms with Gasteiger partial charge in [0.15, 0.2) is 10.2 Å². The van der Waals surface area contributed by atoms with E-state index in [0.29, 0.717) is 26.6 Å². The molecule has 0 saturated heterocycles. The summed E-state index contributed by atoms with van der Waals surface area (Å²) in [5, 5.41) is 10.8. The number of carbonyl (C=O) groups excluding carboxylic acids is 2. The first kappa shape index (κ1) is 22.1. The summed E-state index contributed by atoms with van der Waals surface area (Å²) in [6.07, 6.45) is 0. The third-order valence-electron chi connectivity index (χ3n) is 4.55. The smallest absolute Gasteiger partial charge is 0.261 e. The number of nitrogens with one attached hydrogen (secondary N) is 3. The number of carbonyl (C=O) groups is 2. The zero-order valence-corrected chi connectivity index (χ0v) is 20.2. The van der Waals surface area contributed by atoms with Crippen LogP contribution in [-0.4, -0.2) is 29.0 Å². The van der Waals surface area contributed by atoms with Crippen LogP contribution in [0.5, 0.6) is 5.75 Å². The van der Waals surface area contributed by atoms with Crippen molar-refractivity contribution in [2.75, 3.05) is 17.7 Å². The van der Waals surface area contributed by atoms with Crippen molar-refractivity contribution in [2.45, 2.75) is 6.92 Å².